The molecule has 19 heteroatoms. The van der Waals surface area contributed by atoms with E-state index in [0.717, 1.165) is 0 Å². The zero-order valence-electron chi connectivity index (χ0n) is 25.9. The molecule has 45 heavy (non-hydrogen) atoms. The third kappa shape index (κ3) is 8.37. The number of nitrogens with two attached hydrogens (primary N) is 3. The van der Waals surface area contributed by atoms with E-state index in [2.05, 4.69) is 20.9 Å². The molecule has 19 nitrogen and oxygen atoms in total. The number of guanidine groups is 1. The van der Waals surface area contributed by atoms with E-state index in [1.165, 1.54) is 20.9 Å². The highest BCUT2D eigenvalue weighted by molar-refractivity contribution is 5.88. The number of aliphatic imine (C=N–C) groups is 1. The third-order valence-corrected chi connectivity index (χ3v) is 8.49. The van der Waals surface area contributed by atoms with Crippen LogP contribution in [0, 0.1) is 0 Å². The van der Waals surface area contributed by atoms with E-state index in [1.54, 1.807) is 0 Å². The quantitative estimate of drug-likeness (QED) is 0.0687. The van der Waals surface area contributed by atoms with Crippen LogP contribution >= 0.6 is 0 Å². The highest BCUT2D eigenvalue weighted by Crippen LogP contribution is 2.33. The van der Waals surface area contributed by atoms with Crippen molar-refractivity contribution in [2.24, 2.45) is 22.2 Å². The molecule has 0 aromatic carbocycles. The minimum Gasteiger partial charge on any atom is -0.388 e. The molecule has 0 spiro atoms. The first-order valence-electron chi connectivity index (χ1n) is 15.0. The van der Waals surface area contributed by atoms with E-state index in [4.69, 9.17) is 36.1 Å². The van der Waals surface area contributed by atoms with Gasteiger partial charge in [0.1, 0.15) is 54.4 Å². The Kier molecular flexibility index (Phi) is 12.9. The highest BCUT2D eigenvalue weighted by atomic mass is 16.7. The van der Waals surface area contributed by atoms with Gasteiger partial charge in [0.05, 0.1) is 18.7 Å². The summed E-state index contributed by atoms with van der Waals surface area (Å²) in [5.74, 6) is -1.59. The van der Waals surface area contributed by atoms with Gasteiger partial charge < -0.3 is 87.8 Å². The molecule has 2 aliphatic heterocycles. The van der Waals surface area contributed by atoms with Crippen LogP contribution in [-0.4, -0.2) is 165 Å². The fourth-order valence-electron chi connectivity index (χ4n) is 5.89. The van der Waals surface area contributed by atoms with Crippen molar-refractivity contribution in [1.82, 2.24) is 16.0 Å². The fourth-order valence-corrected chi connectivity index (χ4v) is 5.89. The predicted molar refractivity (Wildman–Crippen MR) is 156 cm³/mol. The number of carbonyl (C=O) groups is 1. The second kappa shape index (κ2) is 15.4. The number of carbonyl (C=O) groups excluding carboxylic acids is 1. The van der Waals surface area contributed by atoms with Gasteiger partial charge in [-0.2, -0.15) is 0 Å². The summed E-state index contributed by atoms with van der Waals surface area (Å²) in [6.45, 7) is 5.12. The molecule has 3 aliphatic rings. The summed E-state index contributed by atoms with van der Waals surface area (Å²) in [6.07, 6.45) is -15.1. The smallest absolute Gasteiger partial charge is 0.275 e. The SMILES string of the molecule is CCNC[C@H]1O[C@H](OC2[C@@H](N)C[C@@H](NC(=O)C(O)(CC)N=C(N)N)[C@H](O[C@H]3OC[C@](C)(O)[C@H](NC)[C@H]3O)[C@H]2O)[C@H](O)[C@@H](O)[C@@H]1O. The lowest BCUT2D eigenvalue weighted by Gasteiger charge is -2.49. The number of hydrogen-bond acceptors (Lipinski definition) is 16. The molecule has 2 heterocycles. The number of ether oxygens (including phenoxy) is 4. The second-order valence-corrected chi connectivity index (χ2v) is 12.0. The third-order valence-electron chi connectivity index (χ3n) is 8.49. The molecular weight excluding hydrogens is 602 g/mol. The molecule has 0 aromatic rings. The van der Waals surface area contributed by atoms with Gasteiger partial charge in [0.15, 0.2) is 18.5 Å². The number of rotatable bonds is 12. The standard InChI is InChI=1S/C26H51N7O12/c1-5-26(41,33-24(28)29)23(39)32-11-7-10(27)18(44-22-15(36)14(35)13(34)12(43-22)8-31-6-2)16(37)19(11)45-21-17(38)20(30-4)25(3,40)9-42-21/h10-22,30-31,34-38,40-41H,5-9,27H2,1-4H3,(H,32,39)(H4,28,29,33)/t10-,11+,12+,13+,14-,15+,16-,17+,18?,19-,20+,21+,22+,25-,26?/m0/s1. The molecule has 0 bridgehead atoms. The molecule has 1 amide bonds. The molecule has 1 aliphatic carbocycles. The number of hydrogen-bond donors (Lipinski definition) is 13. The van der Waals surface area contributed by atoms with Crippen molar-refractivity contribution in [2.45, 2.75) is 124 Å². The molecule has 3 fully saturated rings. The van der Waals surface area contributed by atoms with E-state index < -0.39 is 103 Å². The molecule has 15 atom stereocenters. The van der Waals surface area contributed by atoms with Gasteiger partial charge in [-0.25, -0.2) is 4.99 Å². The number of nitrogens with one attached hydrogen (secondary N) is 3. The van der Waals surface area contributed by atoms with Crippen LogP contribution in [0.1, 0.15) is 33.6 Å². The molecule has 0 aromatic heterocycles. The van der Waals surface area contributed by atoms with E-state index in [-0.39, 0.29) is 26.0 Å². The Morgan fingerprint density at radius 3 is 2.24 bits per heavy atom. The van der Waals surface area contributed by atoms with Crippen molar-refractivity contribution in [1.29, 1.82) is 0 Å². The predicted octanol–water partition coefficient (Wildman–Crippen LogP) is -6.82. The first-order chi connectivity index (χ1) is 21.0. The van der Waals surface area contributed by atoms with E-state index in [0.29, 0.717) is 6.54 Å². The van der Waals surface area contributed by atoms with Gasteiger partial charge in [0, 0.05) is 19.0 Å². The number of aliphatic hydroxyl groups is 7. The molecule has 0 radical (unpaired) electrons. The van der Waals surface area contributed by atoms with Crippen LogP contribution in [0.3, 0.4) is 0 Å². The minimum atomic E-state index is -2.37. The first-order valence-corrected chi connectivity index (χ1v) is 15.0. The lowest BCUT2D eigenvalue weighted by atomic mass is 9.83. The average Bonchev–Trinajstić information content (AvgIpc) is 2.97. The molecule has 262 valence electrons. The number of aliphatic hydroxyl groups excluding tert-OH is 5. The van der Waals surface area contributed by atoms with Gasteiger partial charge in [-0.1, -0.05) is 13.8 Å². The van der Waals surface area contributed by atoms with Crippen molar-refractivity contribution >= 4 is 11.9 Å². The second-order valence-electron chi connectivity index (χ2n) is 12.0. The Balaban J connectivity index is 1.90. The summed E-state index contributed by atoms with van der Waals surface area (Å²) < 4.78 is 23.3. The largest absolute Gasteiger partial charge is 0.388 e. The van der Waals surface area contributed by atoms with Crippen LogP contribution in [0.25, 0.3) is 0 Å². The monoisotopic (exact) mass is 653 g/mol. The van der Waals surface area contributed by atoms with Crippen LogP contribution in [0.15, 0.2) is 4.99 Å². The Bertz CT molecular complexity index is 1010. The highest BCUT2D eigenvalue weighted by Gasteiger charge is 2.53. The van der Waals surface area contributed by atoms with Gasteiger partial charge in [0.25, 0.3) is 5.91 Å². The van der Waals surface area contributed by atoms with Crippen LogP contribution in [0.2, 0.25) is 0 Å². The van der Waals surface area contributed by atoms with Crippen LogP contribution in [0.4, 0.5) is 0 Å². The minimum absolute atomic E-state index is 0.115. The molecule has 1 saturated carbocycles. The van der Waals surface area contributed by atoms with Crippen molar-refractivity contribution in [3.63, 3.8) is 0 Å². The van der Waals surface area contributed by atoms with Crippen molar-refractivity contribution in [3.8, 4) is 0 Å². The fraction of sp³-hybridized carbons (Fsp3) is 0.923. The molecule has 2 saturated heterocycles. The Morgan fingerprint density at radius 1 is 1.02 bits per heavy atom. The Hall–Kier alpha value is -1.82. The van der Waals surface area contributed by atoms with Gasteiger partial charge in [0.2, 0.25) is 5.72 Å². The topological polar surface area (TPSA) is 322 Å². The van der Waals surface area contributed by atoms with Crippen molar-refractivity contribution < 1.29 is 59.5 Å². The Labute approximate surface area is 261 Å². The van der Waals surface area contributed by atoms with E-state index in [1.807, 2.05) is 6.92 Å². The van der Waals surface area contributed by atoms with Gasteiger partial charge in [-0.3, -0.25) is 4.79 Å². The number of amides is 1. The van der Waals surface area contributed by atoms with Crippen molar-refractivity contribution in [3.05, 3.63) is 0 Å². The zero-order chi connectivity index (χ0) is 33.9. The molecular formula is C26H51N7O12. The number of likely N-dealkylation sites (N-methyl/N-ethyl adjacent to an activating group) is 2. The van der Waals surface area contributed by atoms with E-state index in [9.17, 15) is 40.5 Å². The average molecular weight is 654 g/mol. The first kappa shape index (κ1) is 37.6. The Morgan fingerprint density at radius 2 is 1.67 bits per heavy atom. The van der Waals surface area contributed by atoms with E-state index >= 15 is 0 Å². The summed E-state index contributed by atoms with van der Waals surface area (Å²) >= 11 is 0. The van der Waals surface area contributed by atoms with Crippen LogP contribution < -0.4 is 33.2 Å². The molecule has 16 N–H and O–H groups in total. The van der Waals surface area contributed by atoms with Crippen molar-refractivity contribution in [2.75, 3.05) is 26.7 Å². The molecule has 2 unspecified atom stereocenters. The van der Waals surface area contributed by atoms with Gasteiger partial charge >= 0.3 is 0 Å². The maximum Gasteiger partial charge on any atom is 0.275 e. The number of nitrogens with zero attached hydrogens (tertiary/aromatic N) is 1. The summed E-state index contributed by atoms with van der Waals surface area (Å²) in [4.78, 5) is 16.8. The van der Waals surface area contributed by atoms with Crippen LogP contribution in [0.5, 0.6) is 0 Å². The summed E-state index contributed by atoms with van der Waals surface area (Å²) in [5, 5.41) is 83.9. The lowest BCUT2D eigenvalue weighted by Crippen LogP contribution is -2.70. The molecule has 3 rings (SSSR count). The maximum absolute atomic E-state index is 13.2. The maximum atomic E-state index is 13.2. The lowest BCUT2D eigenvalue weighted by molar-refractivity contribution is -0.330. The summed E-state index contributed by atoms with van der Waals surface area (Å²) in [6, 6.07) is -3.12. The normalized spacial score (nSPS) is 43.7. The summed E-state index contributed by atoms with van der Waals surface area (Å²) in [7, 11) is 1.52. The zero-order valence-corrected chi connectivity index (χ0v) is 25.9. The van der Waals surface area contributed by atoms with Gasteiger partial charge in [-0.15, -0.1) is 0 Å². The van der Waals surface area contributed by atoms with Gasteiger partial charge in [-0.05, 0) is 26.9 Å². The summed E-state index contributed by atoms with van der Waals surface area (Å²) in [5.41, 5.74) is 13.3. The van der Waals surface area contributed by atoms with Crippen LogP contribution in [-0.2, 0) is 23.7 Å².